The molecule has 30 heavy (non-hydrogen) atoms. The van der Waals surface area contributed by atoms with Crippen LogP contribution in [0, 0.1) is 10.1 Å². The third-order valence-corrected chi connectivity index (χ3v) is 4.95. The minimum atomic E-state index is -0.628. The Morgan fingerprint density at radius 1 is 1.17 bits per heavy atom. The lowest BCUT2D eigenvalue weighted by Gasteiger charge is -2.07. The van der Waals surface area contributed by atoms with Crippen LogP contribution in [-0.2, 0) is 6.42 Å². The summed E-state index contributed by atoms with van der Waals surface area (Å²) in [5.41, 5.74) is 3.63. The Balaban J connectivity index is 1.60. The second kappa shape index (κ2) is 7.96. The van der Waals surface area contributed by atoms with Gasteiger partial charge in [-0.2, -0.15) is 0 Å². The normalized spacial score (nSPS) is 10.9. The van der Waals surface area contributed by atoms with Crippen molar-refractivity contribution in [1.82, 2.24) is 4.98 Å². The van der Waals surface area contributed by atoms with Crippen molar-refractivity contribution >= 4 is 40.0 Å². The lowest BCUT2D eigenvalue weighted by Crippen LogP contribution is -2.12. The van der Waals surface area contributed by atoms with Gasteiger partial charge in [-0.15, -0.1) is 0 Å². The van der Waals surface area contributed by atoms with Gasteiger partial charge in [-0.3, -0.25) is 14.9 Å². The van der Waals surface area contributed by atoms with Crippen molar-refractivity contribution in [3.05, 3.63) is 86.9 Å². The molecule has 0 aliphatic heterocycles. The summed E-state index contributed by atoms with van der Waals surface area (Å²) in [7, 11) is 0. The van der Waals surface area contributed by atoms with Crippen LogP contribution >= 0.6 is 11.6 Å². The van der Waals surface area contributed by atoms with Crippen molar-refractivity contribution in [1.29, 1.82) is 0 Å². The average molecular weight is 422 g/mol. The van der Waals surface area contributed by atoms with Gasteiger partial charge < -0.3 is 9.73 Å². The Kier molecular flexibility index (Phi) is 5.20. The molecule has 150 valence electrons. The van der Waals surface area contributed by atoms with E-state index >= 15 is 0 Å². The van der Waals surface area contributed by atoms with Gasteiger partial charge in [-0.05, 0) is 54.4 Å². The Labute approximate surface area is 176 Å². The van der Waals surface area contributed by atoms with Crippen molar-refractivity contribution in [3.8, 4) is 11.5 Å². The molecule has 7 nitrogen and oxygen atoms in total. The maximum atomic E-state index is 12.5. The van der Waals surface area contributed by atoms with E-state index in [4.69, 9.17) is 16.0 Å². The molecule has 0 radical (unpaired) electrons. The number of halogens is 1. The van der Waals surface area contributed by atoms with Gasteiger partial charge in [0.2, 0.25) is 5.89 Å². The maximum absolute atomic E-state index is 12.5. The fourth-order valence-electron chi connectivity index (χ4n) is 3.04. The number of anilines is 1. The highest BCUT2D eigenvalue weighted by atomic mass is 35.5. The Morgan fingerprint density at radius 3 is 2.77 bits per heavy atom. The molecule has 0 aliphatic rings. The standard InChI is InChI=1S/C22H16ClN3O4/c1-2-13-6-9-20-18(10-13)25-22(30-20)15-4-3-5-16(11-15)24-21(27)14-7-8-17(23)19(12-14)26(28)29/h3-12H,2H2,1H3,(H,24,27). The number of amides is 1. The van der Waals surface area contributed by atoms with Gasteiger partial charge in [-0.1, -0.05) is 30.7 Å². The molecule has 0 saturated carbocycles. The summed E-state index contributed by atoms with van der Waals surface area (Å²) in [5.74, 6) is -0.0476. The van der Waals surface area contributed by atoms with Gasteiger partial charge in [0, 0.05) is 22.9 Å². The zero-order valence-electron chi connectivity index (χ0n) is 15.9. The molecule has 0 atom stereocenters. The molecular formula is C22H16ClN3O4. The van der Waals surface area contributed by atoms with Crippen LogP contribution < -0.4 is 5.32 Å². The van der Waals surface area contributed by atoms with E-state index in [-0.39, 0.29) is 16.3 Å². The number of benzene rings is 3. The number of nitrogens with zero attached hydrogens (tertiary/aromatic N) is 2. The van der Waals surface area contributed by atoms with Crippen LogP contribution in [0.4, 0.5) is 11.4 Å². The lowest BCUT2D eigenvalue weighted by molar-refractivity contribution is -0.384. The predicted octanol–water partition coefficient (Wildman–Crippen LogP) is 5.87. The number of aromatic nitrogens is 1. The minimum absolute atomic E-state index is 0.0271. The average Bonchev–Trinajstić information content (AvgIpc) is 3.17. The summed E-state index contributed by atoms with van der Waals surface area (Å²) < 4.78 is 5.84. The minimum Gasteiger partial charge on any atom is -0.436 e. The molecule has 4 aromatic rings. The summed E-state index contributed by atoms with van der Waals surface area (Å²) in [4.78, 5) is 27.5. The molecular weight excluding hydrogens is 406 g/mol. The SMILES string of the molecule is CCc1ccc2oc(-c3cccc(NC(=O)c4ccc(Cl)c([N+](=O)[O-])c4)c3)nc2c1. The number of nitrogens with one attached hydrogen (secondary N) is 1. The number of hydrogen-bond donors (Lipinski definition) is 1. The van der Waals surface area contributed by atoms with Crippen LogP contribution in [-0.4, -0.2) is 15.8 Å². The van der Waals surface area contributed by atoms with Gasteiger partial charge in [0.05, 0.1) is 4.92 Å². The van der Waals surface area contributed by atoms with E-state index in [1.54, 1.807) is 18.2 Å². The van der Waals surface area contributed by atoms with Crippen LogP contribution in [0.25, 0.3) is 22.6 Å². The number of oxazole rings is 1. The van der Waals surface area contributed by atoms with Crippen molar-refractivity contribution < 1.29 is 14.1 Å². The number of carbonyl (C=O) groups is 1. The summed E-state index contributed by atoms with van der Waals surface area (Å²) in [6.07, 6.45) is 0.905. The van der Waals surface area contributed by atoms with E-state index in [0.29, 0.717) is 22.7 Å². The summed E-state index contributed by atoms with van der Waals surface area (Å²) in [6, 6.07) is 16.8. The highest BCUT2D eigenvalue weighted by Crippen LogP contribution is 2.28. The van der Waals surface area contributed by atoms with E-state index in [1.807, 2.05) is 24.3 Å². The van der Waals surface area contributed by atoms with Crippen LogP contribution in [0.1, 0.15) is 22.8 Å². The third-order valence-electron chi connectivity index (χ3n) is 4.63. The van der Waals surface area contributed by atoms with Crippen molar-refractivity contribution in [2.45, 2.75) is 13.3 Å². The fourth-order valence-corrected chi connectivity index (χ4v) is 3.23. The fraction of sp³-hybridized carbons (Fsp3) is 0.0909. The highest BCUT2D eigenvalue weighted by Gasteiger charge is 2.17. The van der Waals surface area contributed by atoms with E-state index < -0.39 is 10.8 Å². The van der Waals surface area contributed by atoms with E-state index in [0.717, 1.165) is 18.0 Å². The second-order valence-corrected chi connectivity index (χ2v) is 7.04. The Morgan fingerprint density at radius 2 is 2.00 bits per heavy atom. The monoisotopic (exact) mass is 421 g/mol. The quantitative estimate of drug-likeness (QED) is 0.321. The van der Waals surface area contributed by atoms with Gasteiger partial charge >= 0.3 is 0 Å². The number of carbonyl (C=O) groups excluding carboxylic acids is 1. The first-order chi connectivity index (χ1) is 14.4. The number of fused-ring (bicyclic) bond motifs is 1. The molecule has 4 rings (SSSR count). The van der Waals surface area contributed by atoms with E-state index in [1.165, 1.54) is 17.7 Å². The molecule has 1 heterocycles. The largest absolute Gasteiger partial charge is 0.436 e. The molecule has 0 unspecified atom stereocenters. The zero-order chi connectivity index (χ0) is 21.3. The molecule has 0 bridgehead atoms. The first-order valence-electron chi connectivity index (χ1n) is 9.20. The van der Waals surface area contributed by atoms with Crippen LogP contribution in [0.3, 0.4) is 0 Å². The van der Waals surface area contributed by atoms with Crippen molar-refractivity contribution in [2.24, 2.45) is 0 Å². The molecule has 1 amide bonds. The molecule has 1 aromatic heterocycles. The molecule has 8 heteroatoms. The predicted molar refractivity (Wildman–Crippen MR) is 115 cm³/mol. The topological polar surface area (TPSA) is 98.3 Å². The van der Waals surface area contributed by atoms with Gasteiger partial charge in [0.15, 0.2) is 5.58 Å². The second-order valence-electron chi connectivity index (χ2n) is 6.63. The summed E-state index contributed by atoms with van der Waals surface area (Å²) in [6.45, 7) is 2.07. The molecule has 0 fully saturated rings. The Bertz CT molecular complexity index is 1280. The van der Waals surface area contributed by atoms with Gasteiger partial charge in [0.25, 0.3) is 11.6 Å². The summed E-state index contributed by atoms with van der Waals surface area (Å²) in [5, 5.41) is 13.7. The van der Waals surface area contributed by atoms with Gasteiger partial charge in [0.1, 0.15) is 10.5 Å². The van der Waals surface area contributed by atoms with E-state index in [9.17, 15) is 14.9 Å². The highest BCUT2D eigenvalue weighted by molar-refractivity contribution is 6.32. The first kappa shape index (κ1) is 19.6. The number of hydrogen-bond acceptors (Lipinski definition) is 5. The maximum Gasteiger partial charge on any atom is 0.288 e. The first-order valence-corrected chi connectivity index (χ1v) is 9.57. The number of nitro benzene ring substituents is 1. The lowest BCUT2D eigenvalue weighted by atomic mass is 10.1. The number of rotatable bonds is 5. The third kappa shape index (κ3) is 3.88. The number of aryl methyl sites for hydroxylation is 1. The molecule has 3 aromatic carbocycles. The molecule has 0 aliphatic carbocycles. The smallest absolute Gasteiger partial charge is 0.288 e. The van der Waals surface area contributed by atoms with Crippen LogP contribution in [0.5, 0.6) is 0 Å². The van der Waals surface area contributed by atoms with Crippen molar-refractivity contribution in [3.63, 3.8) is 0 Å². The molecule has 1 N–H and O–H groups in total. The van der Waals surface area contributed by atoms with Gasteiger partial charge in [-0.25, -0.2) is 4.98 Å². The van der Waals surface area contributed by atoms with E-state index in [2.05, 4.69) is 17.2 Å². The Hall–Kier alpha value is -3.71. The van der Waals surface area contributed by atoms with Crippen LogP contribution in [0.15, 0.2) is 65.1 Å². The van der Waals surface area contributed by atoms with Crippen LogP contribution in [0.2, 0.25) is 5.02 Å². The molecule has 0 spiro atoms. The summed E-state index contributed by atoms with van der Waals surface area (Å²) >= 11 is 5.81. The number of nitro groups is 1. The molecule has 0 saturated heterocycles. The van der Waals surface area contributed by atoms with Crippen molar-refractivity contribution in [2.75, 3.05) is 5.32 Å². The zero-order valence-corrected chi connectivity index (χ0v) is 16.6.